The fraction of sp³-hybridized carbons (Fsp3) is 0.308. The molecule has 0 aliphatic heterocycles. The summed E-state index contributed by atoms with van der Waals surface area (Å²) in [5.74, 6) is 1.60. The van der Waals surface area contributed by atoms with Crippen molar-refractivity contribution in [3.63, 3.8) is 0 Å². The molecule has 1 amide bonds. The minimum atomic E-state index is -0.381. The molecular weight excluding hydrogens is 292 g/mol. The molecule has 2 N–H and O–H groups in total. The number of carbonyl (C=O) groups excluding carboxylic acids is 1. The summed E-state index contributed by atoms with van der Waals surface area (Å²) < 4.78 is 10.4. The number of amides is 1. The smallest absolute Gasteiger partial charge is 0.265 e. The number of nitrogens with one attached hydrogen (secondary N) is 2. The Kier molecular flexibility index (Phi) is 5.04. The van der Waals surface area contributed by atoms with Gasteiger partial charge < -0.3 is 9.47 Å². The maximum atomic E-state index is 12.4. The average molecular weight is 308 g/mol. The van der Waals surface area contributed by atoms with Gasteiger partial charge in [-0.05, 0) is 17.9 Å². The number of nitrogens with zero attached hydrogens (tertiary/aromatic N) is 2. The van der Waals surface area contributed by atoms with Crippen molar-refractivity contribution in [1.82, 2.24) is 15.2 Å². The van der Waals surface area contributed by atoms with Gasteiger partial charge in [-0.1, -0.05) is 24.8 Å². The number of carbonyl (C=O) groups is 1. The molecule has 1 aromatic heterocycles. The van der Waals surface area contributed by atoms with Crippen LogP contribution in [0.1, 0.15) is 17.3 Å². The molecule has 0 atom stereocenters. The van der Waals surface area contributed by atoms with E-state index < -0.39 is 0 Å². The van der Waals surface area contributed by atoms with Crippen molar-refractivity contribution in [2.45, 2.75) is 12.1 Å². The second-order valence-electron chi connectivity index (χ2n) is 3.89. The Morgan fingerprint density at radius 3 is 2.57 bits per heavy atom. The van der Waals surface area contributed by atoms with Crippen LogP contribution in [0.15, 0.2) is 23.4 Å². The van der Waals surface area contributed by atoms with E-state index in [0.717, 1.165) is 5.75 Å². The second-order valence-corrected chi connectivity index (χ2v) is 5.12. The van der Waals surface area contributed by atoms with Crippen LogP contribution in [0.3, 0.4) is 0 Å². The lowest BCUT2D eigenvalue weighted by atomic mass is 10.1. The number of aromatic amines is 1. The van der Waals surface area contributed by atoms with Crippen molar-refractivity contribution in [3.8, 4) is 11.5 Å². The lowest BCUT2D eigenvalue weighted by Gasteiger charge is -2.11. The number of hydrogen-bond donors (Lipinski definition) is 2. The van der Waals surface area contributed by atoms with E-state index in [-0.39, 0.29) is 11.9 Å². The van der Waals surface area contributed by atoms with Crippen molar-refractivity contribution < 1.29 is 14.3 Å². The van der Waals surface area contributed by atoms with Crippen molar-refractivity contribution in [3.05, 3.63) is 23.8 Å². The lowest BCUT2D eigenvalue weighted by molar-refractivity contribution is 0.102. The van der Waals surface area contributed by atoms with Gasteiger partial charge in [-0.15, -0.1) is 5.10 Å². The van der Waals surface area contributed by atoms with Crippen LogP contribution >= 0.6 is 11.8 Å². The number of hydrogen-bond acceptors (Lipinski definition) is 6. The molecule has 1 heterocycles. The second kappa shape index (κ2) is 6.98. The maximum absolute atomic E-state index is 12.4. The van der Waals surface area contributed by atoms with E-state index >= 15 is 0 Å². The van der Waals surface area contributed by atoms with Crippen LogP contribution in [-0.2, 0) is 0 Å². The molecule has 0 spiro atoms. The van der Waals surface area contributed by atoms with E-state index in [2.05, 4.69) is 20.5 Å². The van der Waals surface area contributed by atoms with Gasteiger partial charge in [0, 0.05) is 0 Å². The van der Waals surface area contributed by atoms with Crippen LogP contribution in [0.2, 0.25) is 0 Å². The zero-order chi connectivity index (χ0) is 15.2. The van der Waals surface area contributed by atoms with Crippen LogP contribution < -0.4 is 14.8 Å². The number of anilines is 1. The number of ether oxygens (including phenoxy) is 2. The van der Waals surface area contributed by atoms with Gasteiger partial charge in [-0.2, -0.15) is 4.98 Å². The van der Waals surface area contributed by atoms with E-state index in [4.69, 9.17) is 9.47 Å². The third-order valence-corrected chi connectivity index (χ3v) is 3.35. The molecule has 0 saturated heterocycles. The van der Waals surface area contributed by atoms with Crippen molar-refractivity contribution in [1.29, 1.82) is 0 Å². The average Bonchev–Trinajstić information content (AvgIpc) is 2.93. The third kappa shape index (κ3) is 3.46. The number of H-pyrrole nitrogens is 1. The topological polar surface area (TPSA) is 89.1 Å². The van der Waals surface area contributed by atoms with Gasteiger partial charge in [0.05, 0.1) is 14.2 Å². The zero-order valence-corrected chi connectivity index (χ0v) is 12.8. The van der Waals surface area contributed by atoms with Gasteiger partial charge >= 0.3 is 0 Å². The van der Waals surface area contributed by atoms with Gasteiger partial charge in [0.1, 0.15) is 17.1 Å². The summed E-state index contributed by atoms with van der Waals surface area (Å²) in [4.78, 5) is 16.5. The van der Waals surface area contributed by atoms with E-state index in [1.807, 2.05) is 6.92 Å². The summed E-state index contributed by atoms with van der Waals surface area (Å²) >= 11 is 1.48. The van der Waals surface area contributed by atoms with Crippen molar-refractivity contribution in [2.24, 2.45) is 0 Å². The fourth-order valence-electron chi connectivity index (χ4n) is 1.74. The Labute approximate surface area is 126 Å². The van der Waals surface area contributed by atoms with Crippen LogP contribution in [0, 0.1) is 0 Å². The summed E-state index contributed by atoms with van der Waals surface area (Å²) in [6.45, 7) is 2.00. The number of thioether (sulfide) groups is 1. The monoisotopic (exact) mass is 308 g/mol. The molecule has 1 aromatic carbocycles. The highest BCUT2D eigenvalue weighted by Gasteiger charge is 2.19. The molecule has 0 aliphatic carbocycles. The van der Waals surface area contributed by atoms with Gasteiger partial charge in [0.2, 0.25) is 11.1 Å². The van der Waals surface area contributed by atoms with Crippen LogP contribution in [0.5, 0.6) is 11.5 Å². The third-order valence-electron chi connectivity index (χ3n) is 2.63. The molecule has 0 radical (unpaired) electrons. The Balaban J connectivity index is 2.23. The first kappa shape index (κ1) is 15.2. The van der Waals surface area contributed by atoms with Gasteiger partial charge in [0.25, 0.3) is 5.91 Å². The quantitative estimate of drug-likeness (QED) is 0.795. The van der Waals surface area contributed by atoms with Crippen LogP contribution in [0.25, 0.3) is 0 Å². The molecule has 2 aromatic rings. The zero-order valence-electron chi connectivity index (χ0n) is 12.0. The first-order chi connectivity index (χ1) is 10.2. The standard InChI is InChI=1S/C13H16N4O3S/c1-4-21-13-15-12(16-17-13)14-11(18)10-8(19-2)6-5-7-9(10)20-3/h5-7H,4H2,1-3H3,(H2,14,15,16,17,18). The molecular formula is C13H16N4O3S. The predicted molar refractivity (Wildman–Crippen MR) is 80.3 cm³/mol. The number of aromatic nitrogens is 3. The van der Waals surface area contributed by atoms with Crippen LogP contribution in [0.4, 0.5) is 5.95 Å². The SMILES string of the molecule is CCSc1n[nH]c(NC(=O)c2c(OC)cccc2OC)n1. The van der Waals surface area contributed by atoms with E-state index in [0.29, 0.717) is 22.2 Å². The molecule has 8 heteroatoms. The van der Waals surface area contributed by atoms with E-state index in [9.17, 15) is 4.79 Å². The number of benzene rings is 1. The molecule has 21 heavy (non-hydrogen) atoms. The van der Waals surface area contributed by atoms with E-state index in [1.54, 1.807) is 18.2 Å². The van der Waals surface area contributed by atoms with Crippen molar-refractivity contribution in [2.75, 3.05) is 25.3 Å². The van der Waals surface area contributed by atoms with Crippen molar-refractivity contribution >= 4 is 23.6 Å². The highest BCUT2D eigenvalue weighted by atomic mass is 32.2. The summed E-state index contributed by atoms with van der Waals surface area (Å²) in [6, 6.07) is 5.13. The normalized spacial score (nSPS) is 10.2. The molecule has 112 valence electrons. The summed E-state index contributed by atoms with van der Waals surface area (Å²) in [7, 11) is 2.99. The molecule has 0 fully saturated rings. The largest absolute Gasteiger partial charge is 0.496 e. The molecule has 0 unspecified atom stereocenters. The molecule has 7 nitrogen and oxygen atoms in total. The minimum absolute atomic E-state index is 0.281. The highest BCUT2D eigenvalue weighted by molar-refractivity contribution is 7.99. The van der Waals surface area contributed by atoms with Gasteiger partial charge in [-0.25, -0.2) is 5.10 Å². The minimum Gasteiger partial charge on any atom is -0.496 e. The van der Waals surface area contributed by atoms with E-state index in [1.165, 1.54) is 26.0 Å². The Morgan fingerprint density at radius 1 is 1.33 bits per heavy atom. The highest BCUT2D eigenvalue weighted by Crippen LogP contribution is 2.28. The van der Waals surface area contributed by atoms with Crippen LogP contribution in [-0.4, -0.2) is 41.1 Å². The molecule has 2 rings (SSSR count). The van der Waals surface area contributed by atoms with Gasteiger partial charge in [-0.3, -0.25) is 10.1 Å². The Bertz CT molecular complexity index is 607. The molecule has 0 saturated carbocycles. The summed E-state index contributed by atoms with van der Waals surface area (Å²) in [5, 5.41) is 9.89. The van der Waals surface area contributed by atoms with Gasteiger partial charge in [0.15, 0.2) is 0 Å². The fourth-order valence-corrected chi connectivity index (χ4v) is 2.27. The Morgan fingerprint density at radius 2 is 2.00 bits per heavy atom. The Hall–Kier alpha value is -2.22. The summed E-state index contributed by atoms with van der Waals surface area (Å²) in [5.41, 5.74) is 0.309. The molecule has 0 aliphatic rings. The molecule has 0 bridgehead atoms. The first-order valence-corrected chi connectivity index (χ1v) is 7.25. The lowest BCUT2D eigenvalue weighted by Crippen LogP contribution is -2.15. The number of rotatable bonds is 6. The first-order valence-electron chi connectivity index (χ1n) is 6.27. The number of methoxy groups -OCH3 is 2. The maximum Gasteiger partial charge on any atom is 0.265 e. The summed E-state index contributed by atoms with van der Waals surface area (Å²) in [6.07, 6.45) is 0. The predicted octanol–water partition coefficient (Wildman–Crippen LogP) is 2.19.